The third-order valence-electron chi connectivity index (χ3n) is 5.24. The van der Waals surface area contributed by atoms with Crippen molar-refractivity contribution in [1.29, 1.82) is 0 Å². The van der Waals surface area contributed by atoms with E-state index in [4.69, 9.17) is 4.98 Å². The van der Waals surface area contributed by atoms with E-state index in [1.165, 1.54) is 55.0 Å². The van der Waals surface area contributed by atoms with Gasteiger partial charge >= 0.3 is 0 Å². The summed E-state index contributed by atoms with van der Waals surface area (Å²) in [6, 6.07) is 0.436. The van der Waals surface area contributed by atoms with Gasteiger partial charge in [0.05, 0.1) is 23.6 Å². The number of imidazole rings is 1. The molecule has 0 spiro atoms. The van der Waals surface area contributed by atoms with Gasteiger partial charge in [-0.2, -0.15) is 0 Å². The topological polar surface area (TPSA) is 51.8 Å². The largest absolute Gasteiger partial charge is 0.334 e. The molecule has 1 fully saturated rings. The van der Waals surface area contributed by atoms with E-state index in [0.29, 0.717) is 6.04 Å². The lowest BCUT2D eigenvalue weighted by Gasteiger charge is -2.24. The Kier molecular flexibility index (Phi) is 3.48. The summed E-state index contributed by atoms with van der Waals surface area (Å²) in [7, 11) is 4.17. The first-order valence-electron chi connectivity index (χ1n) is 8.36. The Bertz CT molecular complexity index is 670. The molecule has 6 nitrogen and oxygen atoms in total. The molecule has 0 bridgehead atoms. The number of aromatic nitrogens is 5. The molecule has 1 aliphatic heterocycles. The second-order valence-corrected chi connectivity index (χ2v) is 6.61. The van der Waals surface area contributed by atoms with E-state index < -0.39 is 0 Å². The van der Waals surface area contributed by atoms with Crippen molar-refractivity contribution >= 4 is 0 Å². The molecule has 2 aromatic heterocycles. The molecule has 0 aromatic carbocycles. The molecule has 1 atom stereocenters. The van der Waals surface area contributed by atoms with Gasteiger partial charge in [0.15, 0.2) is 0 Å². The monoisotopic (exact) mass is 300 g/mol. The number of nitrogens with zero attached hydrogens (tertiary/aromatic N) is 6. The first kappa shape index (κ1) is 13.9. The van der Waals surface area contributed by atoms with E-state index in [9.17, 15) is 0 Å². The molecule has 3 heterocycles. The Hall–Kier alpha value is -1.69. The van der Waals surface area contributed by atoms with Crippen LogP contribution in [0.2, 0.25) is 0 Å². The summed E-state index contributed by atoms with van der Waals surface area (Å²) in [5, 5.41) is 8.04. The van der Waals surface area contributed by atoms with Crippen LogP contribution in [0, 0.1) is 0 Å². The van der Waals surface area contributed by atoms with Gasteiger partial charge in [-0.15, -0.1) is 5.10 Å². The van der Waals surface area contributed by atoms with Gasteiger partial charge in [-0.3, -0.25) is 9.58 Å². The van der Waals surface area contributed by atoms with E-state index >= 15 is 0 Å². The lowest BCUT2D eigenvalue weighted by molar-refractivity contribution is 0.230. The van der Waals surface area contributed by atoms with Crippen LogP contribution in [0.25, 0.3) is 0 Å². The van der Waals surface area contributed by atoms with Crippen molar-refractivity contribution in [2.75, 3.05) is 6.54 Å². The van der Waals surface area contributed by atoms with E-state index in [1.54, 1.807) is 0 Å². The van der Waals surface area contributed by atoms with Gasteiger partial charge in [0.1, 0.15) is 5.82 Å². The average Bonchev–Trinajstić information content (AvgIpc) is 3.21. The molecule has 0 unspecified atom stereocenters. The van der Waals surface area contributed by atoms with Crippen molar-refractivity contribution < 1.29 is 0 Å². The third-order valence-corrected chi connectivity index (χ3v) is 5.24. The first-order chi connectivity index (χ1) is 10.7. The molecule has 0 saturated carbocycles. The van der Waals surface area contributed by atoms with E-state index in [0.717, 1.165) is 19.5 Å². The van der Waals surface area contributed by atoms with Crippen molar-refractivity contribution in [1.82, 2.24) is 29.4 Å². The quantitative estimate of drug-likeness (QED) is 0.867. The Morgan fingerprint density at radius 1 is 1.18 bits per heavy atom. The number of fused-ring (bicyclic) bond motifs is 1. The fourth-order valence-electron chi connectivity index (χ4n) is 3.97. The number of aryl methyl sites for hydroxylation is 2. The highest BCUT2D eigenvalue weighted by Gasteiger charge is 2.31. The standard InChI is InChI=1S/C16H24N6/c1-20-14-7-4-3-6-13(14)18-16(20)15-8-5-9-22(15)11-12-10-17-19-21(12)2/h10,15H,3-9,11H2,1-2H3/t15-/m1/s1. The molecular weight excluding hydrogens is 276 g/mol. The van der Waals surface area contributed by atoms with Crippen molar-refractivity contribution in [2.45, 2.75) is 51.1 Å². The van der Waals surface area contributed by atoms with Gasteiger partial charge in [-0.25, -0.2) is 4.98 Å². The van der Waals surface area contributed by atoms with Crippen LogP contribution in [0.5, 0.6) is 0 Å². The maximum Gasteiger partial charge on any atom is 0.126 e. The maximum absolute atomic E-state index is 5.02. The summed E-state index contributed by atoms with van der Waals surface area (Å²) in [5.41, 5.74) is 3.99. The van der Waals surface area contributed by atoms with Crippen molar-refractivity contribution in [2.24, 2.45) is 14.1 Å². The molecule has 0 radical (unpaired) electrons. The zero-order chi connectivity index (χ0) is 15.1. The summed E-state index contributed by atoms with van der Waals surface area (Å²) in [6.45, 7) is 2.04. The fraction of sp³-hybridized carbons (Fsp3) is 0.688. The summed E-state index contributed by atoms with van der Waals surface area (Å²) >= 11 is 0. The molecule has 4 rings (SSSR count). The summed E-state index contributed by atoms with van der Waals surface area (Å²) < 4.78 is 4.25. The highest BCUT2D eigenvalue weighted by Crippen LogP contribution is 2.34. The second-order valence-electron chi connectivity index (χ2n) is 6.61. The van der Waals surface area contributed by atoms with Crippen molar-refractivity contribution in [3.05, 3.63) is 29.1 Å². The highest BCUT2D eigenvalue weighted by molar-refractivity contribution is 5.22. The van der Waals surface area contributed by atoms with Crippen LogP contribution < -0.4 is 0 Å². The van der Waals surface area contributed by atoms with Crippen LogP contribution >= 0.6 is 0 Å². The number of likely N-dealkylation sites (tertiary alicyclic amines) is 1. The predicted molar refractivity (Wildman–Crippen MR) is 83.2 cm³/mol. The van der Waals surface area contributed by atoms with E-state index in [2.05, 4.69) is 26.8 Å². The Morgan fingerprint density at radius 2 is 2.05 bits per heavy atom. The highest BCUT2D eigenvalue weighted by atomic mass is 15.4. The normalized spacial score (nSPS) is 22.2. The van der Waals surface area contributed by atoms with E-state index in [-0.39, 0.29) is 0 Å². The minimum atomic E-state index is 0.436. The molecule has 118 valence electrons. The van der Waals surface area contributed by atoms with Gasteiger partial charge in [0.2, 0.25) is 0 Å². The predicted octanol–water partition coefficient (Wildman–Crippen LogP) is 1.76. The third kappa shape index (κ3) is 2.26. The summed E-state index contributed by atoms with van der Waals surface area (Å²) in [5.74, 6) is 1.26. The smallest absolute Gasteiger partial charge is 0.126 e. The number of hydrogen-bond donors (Lipinski definition) is 0. The number of hydrogen-bond acceptors (Lipinski definition) is 4. The van der Waals surface area contributed by atoms with Gasteiger partial charge in [-0.1, -0.05) is 5.21 Å². The first-order valence-corrected chi connectivity index (χ1v) is 8.36. The SMILES string of the molecule is Cn1nncc1CN1CCC[C@@H]1c1nc2c(n1C)CCCC2. The summed E-state index contributed by atoms with van der Waals surface area (Å²) in [4.78, 5) is 7.55. The van der Waals surface area contributed by atoms with Gasteiger partial charge in [0.25, 0.3) is 0 Å². The zero-order valence-corrected chi connectivity index (χ0v) is 13.5. The maximum atomic E-state index is 5.02. The Labute approximate surface area is 131 Å². The van der Waals surface area contributed by atoms with Crippen molar-refractivity contribution in [3.63, 3.8) is 0 Å². The molecule has 0 amide bonds. The summed E-state index contributed by atoms with van der Waals surface area (Å²) in [6.07, 6.45) is 9.26. The van der Waals surface area contributed by atoms with Crippen LogP contribution in [-0.2, 0) is 33.5 Å². The van der Waals surface area contributed by atoms with Crippen molar-refractivity contribution in [3.8, 4) is 0 Å². The average molecular weight is 300 g/mol. The van der Waals surface area contributed by atoms with E-state index in [1.807, 2.05) is 17.9 Å². The van der Waals surface area contributed by atoms with Crippen LogP contribution in [-0.4, -0.2) is 36.0 Å². The molecule has 22 heavy (non-hydrogen) atoms. The second kappa shape index (κ2) is 5.50. The van der Waals surface area contributed by atoms with Crippen LogP contribution in [0.15, 0.2) is 6.20 Å². The molecule has 6 heteroatoms. The fourth-order valence-corrected chi connectivity index (χ4v) is 3.97. The molecule has 1 aliphatic carbocycles. The lowest BCUT2D eigenvalue weighted by atomic mass is 10.0. The minimum absolute atomic E-state index is 0.436. The van der Waals surface area contributed by atoms with Crippen LogP contribution in [0.3, 0.4) is 0 Å². The van der Waals surface area contributed by atoms with Gasteiger partial charge < -0.3 is 4.57 Å². The lowest BCUT2D eigenvalue weighted by Crippen LogP contribution is -2.26. The van der Waals surface area contributed by atoms with Gasteiger partial charge in [-0.05, 0) is 45.1 Å². The van der Waals surface area contributed by atoms with Crippen LogP contribution in [0.4, 0.5) is 0 Å². The molecule has 2 aromatic rings. The van der Waals surface area contributed by atoms with Crippen LogP contribution in [0.1, 0.15) is 54.6 Å². The molecule has 1 saturated heterocycles. The molecule has 2 aliphatic rings. The minimum Gasteiger partial charge on any atom is -0.334 e. The Morgan fingerprint density at radius 3 is 2.82 bits per heavy atom. The number of rotatable bonds is 3. The zero-order valence-electron chi connectivity index (χ0n) is 13.5. The Balaban J connectivity index is 1.61. The molecular formula is C16H24N6. The molecule has 0 N–H and O–H groups in total. The van der Waals surface area contributed by atoms with Gasteiger partial charge in [0, 0.05) is 26.3 Å².